The zero-order chi connectivity index (χ0) is 14.5. The van der Waals surface area contributed by atoms with Crippen LogP contribution in [0.5, 0.6) is 0 Å². The second kappa shape index (κ2) is 5.97. The summed E-state index contributed by atoms with van der Waals surface area (Å²) in [5.41, 5.74) is 2.25. The van der Waals surface area contributed by atoms with E-state index in [0.717, 1.165) is 5.56 Å². The molecule has 0 fully saturated rings. The molecule has 0 spiro atoms. The Hall–Kier alpha value is -2.69. The molecule has 0 aliphatic rings. The number of nitrogens with zero attached hydrogens (tertiary/aromatic N) is 1. The predicted octanol–water partition coefficient (Wildman–Crippen LogP) is 2.27. The smallest absolute Gasteiger partial charge is 0.335 e. The number of carboxylic acids is 1. The van der Waals surface area contributed by atoms with Crippen molar-refractivity contribution in [3.05, 3.63) is 59.4 Å². The highest BCUT2D eigenvalue weighted by Crippen LogP contribution is 2.12. The Bertz CT molecular complexity index is 653. The molecule has 20 heavy (non-hydrogen) atoms. The number of carboxylic acid groups (broad SMARTS) is 1. The Balaban J connectivity index is 2.07. The summed E-state index contributed by atoms with van der Waals surface area (Å²) in [6.45, 7) is 1.89. The average Bonchev–Trinajstić information content (AvgIpc) is 2.41. The lowest BCUT2D eigenvalue weighted by Crippen LogP contribution is -2.16. The minimum atomic E-state index is -1.03. The second-order valence-electron chi connectivity index (χ2n) is 4.38. The molecular weight excluding hydrogens is 256 g/mol. The van der Waals surface area contributed by atoms with Gasteiger partial charge in [-0.05, 0) is 36.8 Å². The lowest BCUT2D eigenvalue weighted by molar-refractivity contribution is -0.115. The molecular formula is C15H14N2O3. The van der Waals surface area contributed by atoms with E-state index < -0.39 is 5.97 Å². The summed E-state index contributed by atoms with van der Waals surface area (Å²) >= 11 is 0. The Morgan fingerprint density at radius 2 is 2.05 bits per heavy atom. The first-order valence-corrected chi connectivity index (χ1v) is 6.10. The highest BCUT2D eigenvalue weighted by molar-refractivity contribution is 5.94. The van der Waals surface area contributed by atoms with Crippen molar-refractivity contribution in [2.75, 3.05) is 5.32 Å². The Morgan fingerprint density at radius 3 is 2.75 bits per heavy atom. The van der Waals surface area contributed by atoms with Gasteiger partial charge in [0.05, 0.1) is 17.7 Å². The summed E-state index contributed by atoms with van der Waals surface area (Å²) in [6, 6.07) is 9.83. The molecule has 0 unspecified atom stereocenters. The molecule has 2 rings (SSSR count). The van der Waals surface area contributed by atoms with Crippen LogP contribution in [-0.4, -0.2) is 22.0 Å². The monoisotopic (exact) mass is 270 g/mol. The van der Waals surface area contributed by atoms with Crippen LogP contribution in [0.4, 0.5) is 5.69 Å². The summed E-state index contributed by atoms with van der Waals surface area (Å²) in [4.78, 5) is 26.9. The minimum Gasteiger partial charge on any atom is -0.478 e. The molecule has 5 heteroatoms. The van der Waals surface area contributed by atoms with E-state index in [0.29, 0.717) is 11.4 Å². The summed E-state index contributed by atoms with van der Waals surface area (Å²) < 4.78 is 0. The number of amides is 1. The van der Waals surface area contributed by atoms with Crippen LogP contribution >= 0.6 is 0 Å². The third-order valence-corrected chi connectivity index (χ3v) is 2.84. The van der Waals surface area contributed by atoms with Crippen molar-refractivity contribution < 1.29 is 14.7 Å². The lowest BCUT2D eigenvalue weighted by atomic mass is 10.1. The molecule has 5 nitrogen and oxygen atoms in total. The Kier molecular flexibility index (Phi) is 4.10. The van der Waals surface area contributed by atoms with E-state index in [1.54, 1.807) is 18.3 Å². The molecule has 1 aromatic heterocycles. The third kappa shape index (κ3) is 3.41. The minimum absolute atomic E-state index is 0.136. The zero-order valence-electron chi connectivity index (χ0n) is 11.0. The first-order chi connectivity index (χ1) is 9.56. The standard InChI is InChI=1S/C15H14N2O3/c1-10-4-3-7-16-13(10)9-14(18)17-12-6-2-5-11(8-12)15(19)20/h2-8H,9H2,1H3,(H,17,18)(H,19,20). The molecule has 0 bridgehead atoms. The maximum Gasteiger partial charge on any atom is 0.335 e. The van der Waals surface area contributed by atoms with Gasteiger partial charge in [-0.15, -0.1) is 0 Å². The van der Waals surface area contributed by atoms with E-state index in [2.05, 4.69) is 10.3 Å². The summed E-state index contributed by atoms with van der Waals surface area (Å²) in [5.74, 6) is -1.25. The van der Waals surface area contributed by atoms with E-state index in [1.165, 1.54) is 12.1 Å². The summed E-state index contributed by atoms with van der Waals surface area (Å²) in [7, 11) is 0. The van der Waals surface area contributed by atoms with Gasteiger partial charge in [-0.1, -0.05) is 12.1 Å². The summed E-state index contributed by atoms with van der Waals surface area (Å²) in [5, 5.41) is 11.6. The van der Waals surface area contributed by atoms with Crippen molar-refractivity contribution in [2.45, 2.75) is 13.3 Å². The average molecular weight is 270 g/mol. The van der Waals surface area contributed by atoms with Crippen LogP contribution in [0.2, 0.25) is 0 Å². The van der Waals surface area contributed by atoms with Crippen molar-refractivity contribution >= 4 is 17.6 Å². The molecule has 0 aliphatic carbocycles. The molecule has 0 atom stereocenters. The fraction of sp³-hybridized carbons (Fsp3) is 0.133. The van der Waals surface area contributed by atoms with Gasteiger partial charge >= 0.3 is 5.97 Å². The van der Waals surface area contributed by atoms with Gasteiger partial charge in [0.2, 0.25) is 5.91 Å². The van der Waals surface area contributed by atoms with Gasteiger partial charge in [0, 0.05) is 11.9 Å². The lowest BCUT2D eigenvalue weighted by Gasteiger charge is -2.07. The number of pyridine rings is 1. The highest BCUT2D eigenvalue weighted by atomic mass is 16.4. The van der Waals surface area contributed by atoms with Gasteiger partial charge in [0.1, 0.15) is 0 Å². The highest BCUT2D eigenvalue weighted by Gasteiger charge is 2.09. The molecule has 1 aromatic carbocycles. The first kappa shape index (κ1) is 13.7. The molecule has 1 heterocycles. The maximum absolute atomic E-state index is 11.9. The normalized spacial score (nSPS) is 10.1. The van der Waals surface area contributed by atoms with Crippen molar-refractivity contribution in [2.24, 2.45) is 0 Å². The van der Waals surface area contributed by atoms with Crippen molar-refractivity contribution in [3.63, 3.8) is 0 Å². The van der Waals surface area contributed by atoms with Crippen molar-refractivity contribution in [3.8, 4) is 0 Å². The number of aryl methyl sites for hydroxylation is 1. The van der Waals surface area contributed by atoms with Crippen LogP contribution in [-0.2, 0) is 11.2 Å². The molecule has 0 aliphatic heterocycles. The number of carbonyl (C=O) groups is 2. The number of aromatic nitrogens is 1. The Labute approximate surface area is 116 Å². The molecule has 2 N–H and O–H groups in total. The van der Waals surface area contributed by atoms with E-state index in [1.807, 2.05) is 19.1 Å². The quantitative estimate of drug-likeness (QED) is 0.893. The molecule has 0 saturated carbocycles. The topological polar surface area (TPSA) is 79.3 Å². The number of hydrogen-bond acceptors (Lipinski definition) is 3. The van der Waals surface area contributed by atoms with E-state index in [-0.39, 0.29) is 17.9 Å². The largest absolute Gasteiger partial charge is 0.478 e. The SMILES string of the molecule is Cc1cccnc1CC(=O)Nc1cccc(C(=O)O)c1. The van der Waals surface area contributed by atoms with Gasteiger partial charge in [-0.2, -0.15) is 0 Å². The van der Waals surface area contributed by atoms with Crippen LogP contribution in [0, 0.1) is 6.92 Å². The maximum atomic E-state index is 11.9. The molecule has 0 radical (unpaired) electrons. The van der Waals surface area contributed by atoms with Gasteiger partial charge in [-0.3, -0.25) is 9.78 Å². The second-order valence-corrected chi connectivity index (χ2v) is 4.38. The van der Waals surface area contributed by atoms with E-state index in [4.69, 9.17) is 5.11 Å². The number of aromatic carboxylic acids is 1. The van der Waals surface area contributed by atoms with Crippen LogP contribution in [0.25, 0.3) is 0 Å². The van der Waals surface area contributed by atoms with Gasteiger partial charge in [-0.25, -0.2) is 4.79 Å². The van der Waals surface area contributed by atoms with Crippen LogP contribution in [0.3, 0.4) is 0 Å². The van der Waals surface area contributed by atoms with Crippen LogP contribution < -0.4 is 5.32 Å². The molecule has 2 aromatic rings. The predicted molar refractivity (Wildman–Crippen MR) is 74.7 cm³/mol. The number of carbonyl (C=O) groups excluding carboxylic acids is 1. The molecule has 0 saturated heterocycles. The first-order valence-electron chi connectivity index (χ1n) is 6.10. The van der Waals surface area contributed by atoms with Crippen molar-refractivity contribution in [1.29, 1.82) is 0 Å². The molecule has 102 valence electrons. The van der Waals surface area contributed by atoms with E-state index in [9.17, 15) is 9.59 Å². The number of benzene rings is 1. The van der Waals surface area contributed by atoms with Crippen LogP contribution in [0.15, 0.2) is 42.6 Å². The van der Waals surface area contributed by atoms with Gasteiger partial charge in [0.25, 0.3) is 0 Å². The fourth-order valence-corrected chi connectivity index (χ4v) is 1.79. The number of hydrogen-bond donors (Lipinski definition) is 2. The number of anilines is 1. The van der Waals surface area contributed by atoms with E-state index >= 15 is 0 Å². The van der Waals surface area contributed by atoms with Crippen molar-refractivity contribution in [1.82, 2.24) is 4.98 Å². The fourth-order valence-electron chi connectivity index (χ4n) is 1.79. The summed E-state index contributed by atoms with van der Waals surface area (Å²) in [6.07, 6.45) is 1.80. The number of rotatable bonds is 4. The van der Waals surface area contributed by atoms with Crippen LogP contribution in [0.1, 0.15) is 21.6 Å². The molecule has 1 amide bonds. The van der Waals surface area contributed by atoms with Gasteiger partial charge in [0.15, 0.2) is 0 Å². The third-order valence-electron chi connectivity index (χ3n) is 2.84. The Morgan fingerprint density at radius 1 is 1.25 bits per heavy atom. The number of nitrogens with one attached hydrogen (secondary N) is 1. The van der Waals surface area contributed by atoms with Gasteiger partial charge < -0.3 is 10.4 Å². The zero-order valence-corrected chi connectivity index (χ0v) is 11.0.